The topological polar surface area (TPSA) is 201 Å². The van der Waals surface area contributed by atoms with Gasteiger partial charge in [-0.15, -0.1) is 39.5 Å². The van der Waals surface area contributed by atoms with E-state index in [9.17, 15) is 20.4 Å². The molecule has 1 aromatic carbocycles. The zero-order chi connectivity index (χ0) is 43.4. The van der Waals surface area contributed by atoms with E-state index in [1.54, 1.807) is 43.5 Å². The van der Waals surface area contributed by atoms with Crippen LogP contribution in [0, 0.1) is 0 Å². The summed E-state index contributed by atoms with van der Waals surface area (Å²) in [5.41, 5.74) is 0. The van der Waals surface area contributed by atoms with E-state index in [0.717, 1.165) is 0 Å². The van der Waals surface area contributed by atoms with E-state index < -0.39 is 92.1 Å². The van der Waals surface area contributed by atoms with E-state index in [1.165, 1.54) is 24.3 Å². The molecule has 0 radical (unpaired) electrons. The summed E-state index contributed by atoms with van der Waals surface area (Å²) in [5.74, 6) is 0.983. The van der Waals surface area contributed by atoms with Crippen LogP contribution in [0.15, 0.2) is 100 Å². The largest absolute Gasteiger partial charge is 0.497 e. The van der Waals surface area contributed by atoms with Crippen molar-refractivity contribution in [1.29, 1.82) is 0 Å². The average Bonchev–Trinajstić information content (AvgIpc) is 3.25. The fraction of sp³-hybridized carbons (Fsp3) is 0.581. The van der Waals surface area contributed by atoms with E-state index in [2.05, 4.69) is 39.5 Å². The Morgan fingerprint density at radius 1 is 0.467 bits per heavy atom. The molecule has 0 aromatic heterocycles. The smallest absolute Gasteiger partial charge is 0.229 e. The highest BCUT2D eigenvalue weighted by Crippen LogP contribution is 2.36. The van der Waals surface area contributed by atoms with Gasteiger partial charge in [0.25, 0.3) is 0 Å². The van der Waals surface area contributed by atoms with Gasteiger partial charge in [0.2, 0.25) is 6.29 Å². The van der Waals surface area contributed by atoms with Gasteiger partial charge in [0.05, 0.1) is 66.6 Å². The lowest BCUT2D eigenvalue weighted by molar-refractivity contribution is -0.382. The molecule has 0 bridgehead atoms. The van der Waals surface area contributed by atoms with E-state index in [4.69, 9.17) is 61.6 Å². The third-order valence-corrected chi connectivity index (χ3v) is 9.54. The molecule has 0 spiro atoms. The Hall–Kier alpha value is -3.34. The first kappa shape index (κ1) is 49.3. The minimum Gasteiger partial charge on any atom is -0.497 e. The average molecular weight is 851 g/mol. The maximum absolute atomic E-state index is 12.1. The molecular formula is C43H62O17. The van der Waals surface area contributed by atoms with Crippen molar-refractivity contribution < 1.29 is 82.0 Å². The van der Waals surface area contributed by atoms with Gasteiger partial charge in [-0.1, -0.05) is 36.5 Å². The minimum atomic E-state index is -1.60. The predicted octanol–water partition coefficient (Wildman–Crippen LogP) is 1.78. The van der Waals surface area contributed by atoms with Crippen LogP contribution in [0.3, 0.4) is 0 Å². The molecule has 15 atom stereocenters. The molecule has 4 N–H and O–H groups in total. The summed E-state index contributed by atoms with van der Waals surface area (Å²) in [6, 6.07) is 6.71. The summed E-state index contributed by atoms with van der Waals surface area (Å²) < 4.78 is 78.4. The second-order valence-electron chi connectivity index (χ2n) is 13.8. The number of hydrogen-bond donors (Lipinski definition) is 4. The van der Waals surface area contributed by atoms with Crippen LogP contribution in [0.4, 0.5) is 0 Å². The Morgan fingerprint density at radius 3 is 1.28 bits per heavy atom. The van der Waals surface area contributed by atoms with Crippen LogP contribution in [0.2, 0.25) is 0 Å². The number of rotatable bonds is 28. The number of aliphatic hydroxyl groups is 4. The van der Waals surface area contributed by atoms with Crippen molar-refractivity contribution in [3.8, 4) is 11.5 Å². The second-order valence-corrected chi connectivity index (χ2v) is 13.8. The molecule has 3 aliphatic rings. The molecule has 0 saturated carbocycles. The number of aliphatic hydroxyl groups excluding tert-OH is 4. The summed E-state index contributed by atoms with van der Waals surface area (Å²) in [6.45, 7) is 22.3. The first-order valence-electron chi connectivity index (χ1n) is 19.7. The molecule has 60 heavy (non-hydrogen) atoms. The van der Waals surface area contributed by atoms with Crippen LogP contribution in [0.25, 0.3) is 0 Å². The number of methoxy groups -OCH3 is 1. The highest BCUT2D eigenvalue weighted by atomic mass is 16.8. The minimum absolute atomic E-state index is 0.000296. The molecule has 3 fully saturated rings. The van der Waals surface area contributed by atoms with Gasteiger partial charge in [-0.05, 0) is 24.3 Å². The fourth-order valence-electron chi connectivity index (χ4n) is 6.76. The van der Waals surface area contributed by atoms with Gasteiger partial charge in [-0.2, -0.15) is 0 Å². The van der Waals surface area contributed by atoms with Gasteiger partial charge < -0.3 is 82.0 Å². The zero-order valence-corrected chi connectivity index (χ0v) is 34.1. The summed E-state index contributed by atoms with van der Waals surface area (Å²) >= 11 is 0. The van der Waals surface area contributed by atoms with Crippen molar-refractivity contribution in [2.75, 3.05) is 66.6 Å². The number of benzene rings is 1. The molecule has 4 rings (SSSR count). The summed E-state index contributed by atoms with van der Waals surface area (Å²) in [5, 5.41) is 46.4. The maximum Gasteiger partial charge on any atom is 0.229 e. The predicted molar refractivity (Wildman–Crippen MR) is 216 cm³/mol. The van der Waals surface area contributed by atoms with Gasteiger partial charge in [0.15, 0.2) is 12.6 Å². The van der Waals surface area contributed by atoms with Crippen LogP contribution < -0.4 is 9.47 Å². The molecule has 0 amide bonds. The standard InChI is InChI=1S/C43H62O17/c1-8-18-49-24-29-32(44)38(52-21-11-4)33(45)42(56-29)59-37-31(26-51-20-10-3)58-43(35(47)40(37)54-23-13-6)60-36-30(25-50-19-9-2)57-41(34(46)39(36)53-22-12-5)55-28-16-14-27(48-7)15-17-28/h8-17,29-47H,1-6,18-26H2,7H3/t29-,30-,31-,32+,33-,34-,35-,36+,37+,38+,39-,40-,41-,42+,43+/m1/s1. The van der Waals surface area contributed by atoms with Crippen LogP contribution in [-0.2, 0) is 52.1 Å². The van der Waals surface area contributed by atoms with Crippen molar-refractivity contribution in [3.63, 3.8) is 0 Å². The SMILES string of the molecule is C=CCOC[C@H]1O[C@@H](O[C@@H]2[C@H](OCC=C)[C@@H](O)[C@H](O[C@@H]3[C@H](OCC=C)[C@@H](O)[C@H](Oc4ccc(OC)cc4)O[C@@H]3COCC=C)O[C@@H]2COCC=C)[C@H](O)[C@@H](OCC=C)[C@H]1O. The summed E-state index contributed by atoms with van der Waals surface area (Å²) in [7, 11) is 1.54. The molecule has 3 heterocycles. The van der Waals surface area contributed by atoms with Crippen molar-refractivity contribution in [2.24, 2.45) is 0 Å². The van der Waals surface area contributed by atoms with E-state index in [1.807, 2.05) is 0 Å². The summed E-state index contributed by atoms with van der Waals surface area (Å²) in [4.78, 5) is 0. The highest BCUT2D eigenvalue weighted by molar-refractivity contribution is 5.31. The van der Waals surface area contributed by atoms with Gasteiger partial charge in [0.1, 0.15) is 84.7 Å². The van der Waals surface area contributed by atoms with Gasteiger partial charge in [0, 0.05) is 0 Å². The molecule has 336 valence electrons. The molecule has 0 unspecified atom stereocenters. The van der Waals surface area contributed by atoms with Crippen molar-refractivity contribution in [1.82, 2.24) is 0 Å². The Balaban J connectivity index is 1.67. The third-order valence-electron chi connectivity index (χ3n) is 9.54. The fourth-order valence-corrected chi connectivity index (χ4v) is 6.76. The summed E-state index contributed by atoms with van der Waals surface area (Å²) in [6.07, 6.45) is -9.97. The van der Waals surface area contributed by atoms with Gasteiger partial charge in [-0.3, -0.25) is 0 Å². The third kappa shape index (κ3) is 13.6. The van der Waals surface area contributed by atoms with Gasteiger partial charge >= 0.3 is 0 Å². The molecule has 17 nitrogen and oxygen atoms in total. The Kier molecular flexibility index (Phi) is 21.5. The second kappa shape index (κ2) is 26.2. The lowest BCUT2D eigenvalue weighted by Crippen LogP contribution is -2.67. The lowest BCUT2D eigenvalue weighted by atomic mass is 9.95. The van der Waals surface area contributed by atoms with Crippen molar-refractivity contribution >= 4 is 0 Å². The maximum atomic E-state index is 12.1. The van der Waals surface area contributed by atoms with E-state index in [-0.39, 0.29) is 59.5 Å². The zero-order valence-electron chi connectivity index (χ0n) is 34.1. The van der Waals surface area contributed by atoms with Crippen LogP contribution in [0.5, 0.6) is 11.5 Å². The molecule has 1 aromatic rings. The quantitative estimate of drug-likeness (QED) is 0.0702. The van der Waals surface area contributed by atoms with Crippen LogP contribution >= 0.6 is 0 Å². The van der Waals surface area contributed by atoms with Crippen molar-refractivity contribution in [3.05, 3.63) is 100 Å². The van der Waals surface area contributed by atoms with Crippen LogP contribution in [0.1, 0.15) is 0 Å². The Bertz CT molecular complexity index is 1440. The first-order valence-corrected chi connectivity index (χ1v) is 19.7. The van der Waals surface area contributed by atoms with Crippen LogP contribution in [-0.4, -0.2) is 179 Å². The molecular weight excluding hydrogens is 788 g/mol. The van der Waals surface area contributed by atoms with Crippen molar-refractivity contribution in [2.45, 2.75) is 92.1 Å². The number of hydrogen-bond acceptors (Lipinski definition) is 17. The van der Waals surface area contributed by atoms with E-state index in [0.29, 0.717) is 11.5 Å². The Morgan fingerprint density at radius 2 is 0.833 bits per heavy atom. The monoisotopic (exact) mass is 850 g/mol. The number of ether oxygens (including phenoxy) is 13. The normalized spacial score (nSPS) is 34.2. The first-order chi connectivity index (χ1) is 29.1. The molecule has 17 heteroatoms. The molecule has 3 aliphatic heterocycles. The van der Waals surface area contributed by atoms with Gasteiger partial charge in [-0.25, -0.2) is 0 Å². The molecule has 0 aliphatic carbocycles. The molecule has 3 saturated heterocycles. The van der Waals surface area contributed by atoms with E-state index >= 15 is 0 Å². The Labute approximate surface area is 351 Å². The highest BCUT2D eigenvalue weighted by Gasteiger charge is 2.55. The lowest BCUT2D eigenvalue weighted by Gasteiger charge is -2.50.